The van der Waals surface area contributed by atoms with Crippen molar-refractivity contribution in [3.63, 3.8) is 0 Å². The van der Waals surface area contributed by atoms with E-state index in [-0.39, 0.29) is 22.5 Å². The molecule has 3 rings (SSSR count). The number of fused-ring (bicyclic) bond motifs is 1. The highest BCUT2D eigenvalue weighted by Crippen LogP contribution is 2.28. The third kappa shape index (κ3) is 4.11. The maximum absolute atomic E-state index is 13.6. The molecule has 1 N–H and O–H groups in total. The largest absolute Gasteiger partial charge is 0.495 e. The van der Waals surface area contributed by atoms with Crippen molar-refractivity contribution in [2.45, 2.75) is 31.7 Å². The van der Waals surface area contributed by atoms with Crippen LogP contribution in [0.3, 0.4) is 0 Å². The molecule has 0 radical (unpaired) electrons. The van der Waals surface area contributed by atoms with Crippen molar-refractivity contribution in [3.8, 4) is 5.75 Å². The van der Waals surface area contributed by atoms with Gasteiger partial charge < -0.3 is 9.64 Å². The first kappa shape index (κ1) is 20.1. The van der Waals surface area contributed by atoms with Crippen LogP contribution in [0.4, 0.5) is 10.1 Å². The number of ether oxygens (including phenoxy) is 1. The molecule has 0 aromatic heterocycles. The summed E-state index contributed by atoms with van der Waals surface area (Å²) >= 11 is 0. The highest BCUT2D eigenvalue weighted by Gasteiger charge is 2.24. The first-order chi connectivity index (χ1) is 13.2. The number of sulfonamides is 1. The fourth-order valence-electron chi connectivity index (χ4n) is 3.24. The zero-order chi connectivity index (χ0) is 20.5. The summed E-state index contributed by atoms with van der Waals surface area (Å²) in [6.45, 7) is 4.80. The van der Waals surface area contributed by atoms with Crippen LogP contribution in [-0.4, -0.2) is 32.9 Å². The molecule has 6 nitrogen and oxygen atoms in total. The van der Waals surface area contributed by atoms with E-state index in [1.165, 1.54) is 13.2 Å². The summed E-state index contributed by atoms with van der Waals surface area (Å²) in [5.41, 5.74) is 2.33. The number of methoxy groups -OCH3 is 1. The molecule has 0 aliphatic carbocycles. The van der Waals surface area contributed by atoms with Gasteiger partial charge in [-0.15, -0.1) is 0 Å². The Hall–Kier alpha value is -2.61. The summed E-state index contributed by atoms with van der Waals surface area (Å²) in [4.78, 5) is 13.8. The van der Waals surface area contributed by atoms with Crippen molar-refractivity contribution < 1.29 is 22.3 Å². The molecule has 150 valence electrons. The van der Waals surface area contributed by atoms with Crippen LogP contribution < -0.4 is 9.46 Å². The summed E-state index contributed by atoms with van der Waals surface area (Å²) in [7, 11) is -2.72. The van der Waals surface area contributed by atoms with E-state index >= 15 is 0 Å². The second kappa shape index (κ2) is 7.79. The number of amides is 1. The Bertz CT molecular complexity index is 1010. The summed E-state index contributed by atoms with van der Waals surface area (Å²) in [6, 6.07) is 8.57. The van der Waals surface area contributed by atoms with Crippen LogP contribution in [0.25, 0.3) is 0 Å². The molecular weight excluding hydrogens is 383 g/mol. The second-order valence-corrected chi connectivity index (χ2v) is 8.70. The zero-order valence-electron chi connectivity index (χ0n) is 16.0. The number of carbonyl (C=O) groups excluding carboxylic acids is 1. The SMILES string of the molecule is COc1ccc(F)cc1S(=O)(=O)Nc1ccc2c(c1)CN(C(=O)C(C)C)CC2. The van der Waals surface area contributed by atoms with Crippen molar-refractivity contribution in [3.05, 3.63) is 53.3 Å². The van der Waals surface area contributed by atoms with E-state index in [0.29, 0.717) is 18.8 Å². The van der Waals surface area contributed by atoms with Gasteiger partial charge in [0.2, 0.25) is 5.91 Å². The molecule has 0 saturated carbocycles. The van der Waals surface area contributed by atoms with Gasteiger partial charge in [0.25, 0.3) is 10.0 Å². The maximum Gasteiger partial charge on any atom is 0.265 e. The molecule has 1 aliphatic rings. The van der Waals surface area contributed by atoms with Crippen LogP contribution in [0, 0.1) is 11.7 Å². The van der Waals surface area contributed by atoms with Crippen LogP contribution in [0.2, 0.25) is 0 Å². The Labute approximate surface area is 164 Å². The predicted octanol–water partition coefficient (Wildman–Crippen LogP) is 3.18. The third-order valence-electron chi connectivity index (χ3n) is 4.69. The van der Waals surface area contributed by atoms with Crippen LogP contribution in [0.5, 0.6) is 5.75 Å². The Balaban J connectivity index is 1.87. The molecule has 0 bridgehead atoms. The van der Waals surface area contributed by atoms with Gasteiger partial charge in [-0.05, 0) is 47.9 Å². The van der Waals surface area contributed by atoms with E-state index in [0.717, 1.165) is 29.7 Å². The van der Waals surface area contributed by atoms with Crippen LogP contribution in [-0.2, 0) is 27.8 Å². The Morgan fingerprint density at radius 1 is 1.18 bits per heavy atom. The third-order valence-corrected chi connectivity index (χ3v) is 6.09. The number of hydrogen-bond donors (Lipinski definition) is 1. The van der Waals surface area contributed by atoms with Crippen molar-refractivity contribution in [2.24, 2.45) is 5.92 Å². The fraction of sp³-hybridized carbons (Fsp3) is 0.350. The fourth-order valence-corrected chi connectivity index (χ4v) is 4.48. The van der Waals surface area contributed by atoms with Gasteiger partial charge in [0.15, 0.2) is 0 Å². The first-order valence-corrected chi connectivity index (χ1v) is 10.5. The first-order valence-electron chi connectivity index (χ1n) is 8.98. The number of halogens is 1. The molecule has 2 aromatic rings. The molecular formula is C20H23FN2O4S. The minimum atomic E-state index is -4.04. The van der Waals surface area contributed by atoms with E-state index in [1.54, 1.807) is 17.0 Å². The lowest BCUT2D eigenvalue weighted by Crippen LogP contribution is -2.38. The number of rotatable bonds is 5. The monoisotopic (exact) mass is 406 g/mol. The average molecular weight is 406 g/mol. The molecule has 2 aromatic carbocycles. The molecule has 8 heteroatoms. The van der Waals surface area contributed by atoms with Gasteiger partial charge in [-0.2, -0.15) is 0 Å². The van der Waals surface area contributed by atoms with Crippen molar-refractivity contribution in [1.29, 1.82) is 0 Å². The topological polar surface area (TPSA) is 75.7 Å². The molecule has 1 amide bonds. The van der Waals surface area contributed by atoms with Gasteiger partial charge in [0.1, 0.15) is 16.5 Å². The van der Waals surface area contributed by atoms with E-state index in [4.69, 9.17) is 4.74 Å². The van der Waals surface area contributed by atoms with Crippen molar-refractivity contribution in [1.82, 2.24) is 4.90 Å². The number of nitrogens with one attached hydrogen (secondary N) is 1. The number of nitrogens with zero attached hydrogens (tertiary/aromatic N) is 1. The van der Waals surface area contributed by atoms with Crippen LogP contribution in [0.15, 0.2) is 41.3 Å². The van der Waals surface area contributed by atoms with Gasteiger partial charge in [-0.25, -0.2) is 12.8 Å². The lowest BCUT2D eigenvalue weighted by atomic mass is 9.98. The molecule has 1 aliphatic heterocycles. The van der Waals surface area contributed by atoms with Gasteiger partial charge >= 0.3 is 0 Å². The van der Waals surface area contributed by atoms with Crippen LogP contribution in [0.1, 0.15) is 25.0 Å². The minimum Gasteiger partial charge on any atom is -0.495 e. The van der Waals surface area contributed by atoms with E-state index in [9.17, 15) is 17.6 Å². The average Bonchev–Trinajstić information content (AvgIpc) is 2.66. The standard InChI is InChI=1S/C20H23FN2O4S/c1-13(2)20(24)23-9-8-14-4-6-17(10-15(14)12-23)22-28(25,26)19-11-16(21)5-7-18(19)27-3/h4-7,10-11,13,22H,8-9,12H2,1-3H3. The zero-order valence-corrected chi connectivity index (χ0v) is 16.8. The van der Waals surface area contributed by atoms with Gasteiger partial charge in [-0.3, -0.25) is 9.52 Å². The van der Waals surface area contributed by atoms with E-state index in [1.807, 2.05) is 19.9 Å². The summed E-state index contributed by atoms with van der Waals surface area (Å²) < 4.78 is 46.6. The van der Waals surface area contributed by atoms with E-state index in [2.05, 4.69) is 4.72 Å². The normalized spacial score (nSPS) is 14.0. The summed E-state index contributed by atoms with van der Waals surface area (Å²) in [6.07, 6.45) is 0.721. The highest BCUT2D eigenvalue weighted by atomic mass is 32.2. The maximum atomic E-state index is 13.6. The lowest BCUT2D eigenvalue weighted by molar-refractivity contribution is -0.135. The van der Waals surface area contributed by atoms with E-state index < -0.39 is 15.8 Å². The highest BCUT2D eigenvalue weighted by molar-refractivity contribution is 7.92. The molecule has 0 spiro atoms. The smallest absolute Gasteiger partial charge is 0.265 e. The summed E-state index contributed by atoms with van der Waals surface area (Å²) in [5, 5.41) is 0. The molecule has 28 heavy (non-hydrogen) atoms. The molecule has 1 heterocycles. The van der Waals surface area contributed by atoms with Crippen LogP contribution >= 0.6 is 0 Å². The lowest BCUT2D eigenvalue weighted by Gasteiger charge is -2.30. The Morgan fingerprint density at radius 2 is 1.93 bits per heavy atom. The number of anilines is 1. The quantitative estimate of drug-likeness (QED) is 0.828. The number of benzene rings is 2. The van der Waals surface area contributed by atoms with Crippen molar-refractivity contribution >= 4 is 21.6 Å². The molecule has 0 unspecified atom stereocenters. The number of hydrogen-bond acceptors (Lipinski definition) is 4. The van der Waals surface area contributed by atoms with Crippen molar-refractivity contribution in [2.75, 3.05) is 18.4 Å². The molecule has 0 fully saturated rings. The number of carbonyl (C=O) groups is 1. The van der Waals surface area contributed by atoms with Gasteiger partial charge in [0, 0.05) is 24.7 Å². The minimum absolute atomic E-state index is 0.0561. The molecule has 0 saturated heterocycles. The Kier molecular flexibility index (Phi) is 5.60. The molecule has 0 atom stereocenters. The second-order valence-electron chi connectivity index (χ2n) is 7.05. The Morgan fingerprint density at radius 3 is 2.61 bits per heavy atom. The van der Waals surface area contributed by atoms with Gasteiger partial charge in [-0.1, -0.05) is 19.9 Å². The van der Waals surface area contributed by atoms with Gasteiger partial charge in [0.05, 0.1) is 7.11 Å². The summed E-state index contributed by atoms with van der Waals surface area (Å²) in [5.74, 6) is -0.639. The predicted molar refractivity (Wildman–Crippen MR) is 104 cm³/mol.